The molecule has 0 atom stereocenters. The number of imidazole rings is 1. The first-order valence-electron chi connectivity index (χ1n) is 6.65. The molecule has 0 saturated heterocycles. The molecule has 0 aliphatic rings. The Morgan fingerprint density at radius 3 is 2.62 bits per heavy atom. The average Bonchev–Trinajstić information content (AvgIpc) is 3.13. The fraction of sp³-hybridized carbons (Fsp3) is 0.0625. The third kappa shape index (κ3) is 2.08. The van der Waals surface area contributed by atoms with Crippen molar-refractivity contribution in [2.75, 3.05) is 0 Å². The van der Waals surface area contributed by atoms with Gasteiger partial charge in [0.2, 0.25) is 11.7 Å². The number of para-hydroxylation sites is 2. The van der Waals surface area contributed by atoms with Gasteiger partial charge in [-0.2, -0.15) is 4.98 Å². The van der Waals surface area contributed by atoms with E-state index in [9.17, 15) is 0 Å². The topological polar surface area (TPSA) is 67.6 Å². The molecule has 2 aromatic heterocycles. The molecule has 0 amide bonds. The summed E-state index contributed by atoms with van der Waals surface area (Å²) in [7, 11) is 0. The maximum absolute atomic E-state index is 5.03. The van der Waals surface area contributed by atoms with Gasteiger partial charge in [-0.05, 0) is 18.2 Å². The summed E-state index contributed by atoms with van der Waals surface area (Å²) in [4.78, 5) is 12.2. The van der Waals surface area contributed by atoms with E-state index in [1.807, 2.05) is 48.5 Å². The fourth-order valence-electron chi connectivity index (χ4n) is 2.31. The quantitative estimate of drug-likeness (QED) is 0.607. The monoisotopic (exact) mass is 276 g/mol. The Morgan fingerprint density at radius 1 is 0.952 bits per heavy atom. The number of aromatic nitrogens is 4. The molecule has 0 radical (unpaired) electrons. The minimum absolute atomic E-state index is 0.555. The molecule has 0 spiro atoms. The lowest BCUT2D eigenvalue weighted by molar-refractivity contribution is 0.394. The zero-order chi connectivity index (χ0) is 14.2. The van der Waals surface area contributed by atoms with Crippen molar-refractivity contribution in [1.29, 1.82) is 0 Å². The van der Waals surface area contributed by atoms with Gasteiger partial charge in [-0.3, -0.25) is 0 Å². The number of hydrogen-bond acceptors (Lipinski definition) is 4. The van der Waals surface area contributed by atoms with Crippen molar-refractivity contribution in [2.24, 2.45) is 0 Å². The van der Waals surface area contributed by atoms with Crippen molar-refractivity contribution < 1.29 is 4.52 Å². The molecule has 102 valence electrons. The molecular formula is C16H12N4O. The van der Waals surface area contributed by atoms with Gasteiger partial charge in [-0.25, -0.2) is 4.98 Å². The van der Waals surface area contributed by atoms with Crippen LogP contribution in [0, 0.1) is 6.92 Å². The second-order valence-electron chi connectivity index (χ2n) is 4.82. The number of aryl methyl sites for hydroxylation is 1. The van der Waals surface area contributed by atoms with E-state index in [1.54, 1.807) is 6.92 Å². The van der Waals surface area contributed by atoms with Crippen molar-refractivity contribution in [2.45, 2.75) is 6.92 Å². The van der Waals surface area contributed by atoms with Gasteiger partial charge in [-0.1, -0.05) is 35.5 Å². The number of H-pyrrole nitrogens is 1. The molecule has 0 saturated carbocycles. The second kappa shape index (κ2) is 4.56. The molecule has 4 rings (SSSR count). The van der Waals surface area contributed by atoms with Crippen LogP contribution in [0.3, 0.4) is 0 Å². The van der Waals surface area contributed by atoms with Gasteiger partial charge in [-0.15, -0.1) is 0 Å². The lowest BCUT2D eigenvalue weighted by Gasteiger charge is -1.99. The molecule has 0 unspecified atom stereocenters. The maximum Gasteiger partial charge on any atom is 0.223 e. The summed E-state index contributed by atoms with van der Waals surface area (Å²) in [6, 6.07) is 15.9. The lowest BCUT2D eigenvalue weighted by Crippen LogP contribution is -1.84. The van der Waals surface area contributed by atoms with Crippen molar-refractivity contribution in [3.63, 3.8) is 0 Å². The predicted molar refractivity (Wildman–Crippen MR) is 79.6 cm³/mol. The highest BCUT2D eigenvalue weighted by molar-refractivity contribution is 5.80. The van der Waals surface area contributed by atoms with Crippen molar-refractivity contribution in [1.82, 2.24) is 20.1 Å². The van der Waals surface area contributed by atoms with E-state index < -0.39 is 0 Å². The van der Waals surface area contributed by atoms with Crippen molar-refractivity contribution in [3.8, 4) is 22.8 Å². The third-order valence-corrected chi connectivity index (χ3v) is 3.31. The zero-order valence-corrected chi connectivity index (χ0v) is 11.4. The summed E-state index contributed by atoms with van der Waals surface area (Å²) in [5.41, 5.74) is 3.87. The van der Waals surface area contributed by atoms with Crippen LogP contribution in [0.4, 0.5) is 0 Å². The van der Waals surface area contributed by atoms with E-state index in [-0.39, 0.29) is 0 Å². The van der Waals surface area contributed by atoms with Crippen LogP contribution in [-0.2, 0) is 0 Å². The Bertz CT molecular complexity index is 890. The molecular weight excluding hydrogens is 264 g/mol. The van der Waals surface area contributed by atoms with Crippen LogP contribution in [0.15, 0.2) is 53.1 Å². The van der Waals surface area contributed by atoms with Gasteiger partial charge in [0.15, 0.2) is 0 Å². The summed E-state index contributed by atoms with van der Waals surface area (Å²) in [6.07, 6.45) is 0. The van der Waals surface area contributed by atoms with Gasteiger partial charge in [0.1, 0.15) is 5.82 Å². The summed E-state index contributed by atoms with van der Waals surface area (Å²) >= 11 is 0. The standard InChI is InChI=1S/C16H12N4O/c1-10-17-16(20-21-10)12-6-4-5-11(9-12)15-18-13-7-2-3-8-14(13)19-15/h2-9H,1H3,(H,18,19). The van der Waals surface area contributed by atoms with E-state index >= 15 is 0 Å². The summed E-state index contributed by atoms with van der Waals surface area (Å²) in [5.74, 6) is 1.97. The minimum atomic E-state index is 0.555. The SMILES string of the molecule is Cc1nc(-c2cccc(-c3nc4ccccc4[nH]3)c2)no1. The smallest absolute Gasteiger partial charge is 0.223 e. The highest BCUT2D eigenvalue weighted by atomic mass is 16.5. The van der Waals surface area contributed by atoms with E-state index in [4.69, 9.17) is 4.52 Å². The summed E-state index contributed by atoms with van der Waals surface area (Å²) in [6.45, 7) is 1.78. The van der Waals surface area contributed by atoms with Crippen molar-refractivity contribution >= 4 is 11.0 Å². The van der Waals surface area contributed by atoms with Gasteiger partial charge in [0.25, 0.3) is 0 Å². The number of aromatic amines is 1. The maximum atomic E-state index is 5.03. The molecule has 1 N–H and O–H groups in total. The first kappa shape index (κ1) is 11.8. The van der Waals surface area contributed by atoms with Crippen LogP contribution in [0.2, 0.25) is 0 Å². The van der Waals surface area contributed by atoms with Crippen LogP contribution < -0.4 is 0 Å². The van der Waals surface area contributed by atoms with E-state index in [0.29, 0.717) is 11.7 Å². The highest BCUT2D eigenvalue weighted by Crippen LogP contribution is 2.24. The second-order valence-corrected chi connectivity index (χ2v) is 4.82. The fourth-order valence-corrected chi connectivity index (χ4v) is 2.31. The number of hydrogen-bond donors (Lipinski definition) is 1. The van der Waals surface area contributed by atoms with Crippen LogP contribution in [0.25, 0.3) is 33.8 Å². The minimum Gasteiger partial charge on any atom is -0.339 e. The highest BCUT2D eigenvalue weighted by Gasteiger charge is 2.09. The average molecular weight is 276 g/mol. The normalized spacial score (nSPS) is 11.1. The summed E-state index contributed by atoms with van der Waals surface area (Å²) in [5, 5.41) is 3.95. The summed E-state index contributed by atoms with van der Waals surface area (Å²) < 4.78 is 5.03. The molecule has 2 aromatic carbocycles. The number of rotatable bonds is 2. The van der Waals surface area contributed by atoms with Crippen LogP contribution in [0.1, 0.15) is 5.89 Å². The molecule has 0 fully saturated rings. The van der Waals surface area contributed by atoms with Gasteiger partial charge in [0.05, 0.1) is 11.0 Å². The zero-order valence-electron chi connectivity index (χ0n) is 11.4. The van der Waals surface area contributed by atoms with Crippen LogP contribution in [0.5, 0.6) is 0 Å². The van der Waals surface area contributed by atoms with E-state index in [0.717, 1.165) is 28.0 Å². The molecule has 5 heteroatoms. The Balaban J connectivity index is 1.81. The van der Waals surface area contributed by atoms with Gasteiger partial charge < -0.3 is 9.51 Å². The Kier molecular flexibility index (Phi) is 2.57. The predicted octanol–water partition coefficient (Wildman–Crippen LogP) is 3.59. The molecule has 21 heavy (non-hydrogen) atoms. The number of fused-ring (bicyclic) bond motifs is 1. The van der Waals surface area contributed by atoms with Crippen molar-refractivity contribution in [3.05, 3.63) is 54.4 Å². The van der Waals surface area contributed by atoms with Crippen LogP contribution >= 0.6 is 0 Å². The largest absolute Gasteiger partial charge is 0.339 e. The first-order valence-corrected chi connectivity index (χ1v) is 6.65. The molecule has 0 aliphatic heterocycles. The molecule has 0 aliphatic carbocycles. The number of benzene rings is 2. The number of nitrogens with zero attached hydrogens (tertiary/aromatic N) is 3. The molecule has 2 heterocycles. The number of nitrogens with one attached hydrogen (secondary N) is 1. The molecule has 5 nitrogen and oxygen atoms in total. The van der Waals surface area contributed by atoms with Crippen LogP contribution in [-0.4, -0.2) is 20.1 Å². The first-order chi connectivity index (χ1) is 10.3. The van der Waals surface area contributed by atoms with E-state index in [1.165, 1.54) is 0 Å². The van der Waals surface area contributed by atoms with Gasteiger partial charge >= 0.3 is 0 Å². The molecule has 4 aromatic rings. The Labute approximate surface area is 120 Å². The lowest BCUT2D eigenvalue weighted by atomic mass is 10.1. The van der Waals surface area contributed by atoms with Gasteiger partial charge in [0, 0.05) is 18.1 Å². The molecule has 0 bridgehead atoms. The Morgan fingerprint density at radius 2 is 1.81 bits per heavy atom. The Hall–Kier alpha value is -2.95. The third-order valence-electron chi connectivity index (χ3n) is 3.31. The van der Waals surface area contributed by atoms with E-state index in [2.05, 4.69) is 20.1 Å².